The first kappa shape index (κ1) is 27.7. The highest BCUT2D eigenvalue weighted by Gasteiger charge is 2.36. The van der Waals surface area contributed by atoms with E-state index in [1.807, 2.05) is 65.0 Å². The molecule has 1 aromatic heterocycles. The largest absolute Gasteiger partial charge is 0.479 e. The predicted octanol–water partition coefficient (Wildman–Crippen LogP) is 5.83. The van der Waals surface area contributed by atoms with Gasteiger partial charge in [0.25, 0.3) is 0 Å². The Hall–Kier alpha value is -2.88. The van der Waals surface area contributed by atoms with Crippen molar-refractivity contribution >= 4 is 11.7 Å². The zero-order valence-corrected chi connectivity index (χ0v) is 22.8. The number of aromatic nitrogens is 1. The molecule has 0 aliphatic carbocycles. The summed E-state index contributed by atoms with van der Waals surface area (Å²) in [4.78, 5) is 19.5. The molecular formula is C30H40N2O4. The van der Waals surface area contributed by atoms with Crippen molar-refractivity contribution in [1.29, 1.82) is 0 Å². The van der Waals surface area contributed by atoms with Gasteiger partial charge in [-0.25, -0.2) is 4.79 Å². The third-order valence-electron chi connectivity index (χ3n) is 6.47. The van der Waals surface area contributed by atoms with Crippen LogP contribution >= 0.6 is 0 Å². The molecule has 0 unspecified atom stereocenters. The fourth-order valence-electron chi connectivity index (χ4n) is 4.48. The van der Waals surface area contributed by atoms with Crippen molar-refractivity contribution in [3.63, 3.8) is 0 Å². The van der Waals surface area contributed by atoms with Crippen molar-refractivity contribution in [1.82, 2.24) is 4.98 Å². The number of carbonyl (C=O) groups is 1. The maximum atomic E-state index is 12.5. The van der Waals surface area contributed by atoms with Crippen LogP contribution in [0.4, 0.5) is 5.69 Å². The van der Waals surface area contributed by atoms with Crippen molar-refractivity contribution in [2.75, 3.05) is 24.6 Å². The van der Waals surface area contributed by atoms with Gasteiger partial charge in [0.2, 0.25) is 0 Å². The first-order valence-electron chi connectivity index (χ1n) is 12.7. The molecule has 1 aliphatic heterocycles. The van der Waals surface area contributed by atoms with E-state index in [4.69, 9.17) is 14.5 Å². The molecule has 0 bridgehead atoms. The monoisotopic (exact) mass is 492 g/mol. The van der Waals surface area contributed by atoms with Gasteiger partial charge in [-0.15, -0.1) is 0 Å². The Kier molecular flexibility index (Phi) is 8.81. The quantitative estimate of drug-likeness (QED) is 0.387. The molecule has 1 saturated heterocycles. The Bertz CT molecular complexity index is 1110. The summed E-state index contributed by atoms with van der Waals surface area (Å²) < 4.78 is 11.9. The van der Waals surface area contributed by atoms with Crippen molar-refractivity contribution in [3.05, 3.63) is 58.4 Å². The zero-order valence-electron chi connectivity index (χ0n) is 22.8. The van der Waals surface area contributed by atoms with E-state index < -0.39 is 17.7 Å². The number of carboxylic acids is 1. The molecule has 2 aromatic rings. The van der Waals surface area contributed by atoms with E-state index in [9.17, 15) is 9.90 Å². The number of hydrogen-bond donors (Lipinski definition) is 1. The summed E-state index contributed by atoms with van der Waals surface area (Å²) in [5.74, 6) is 5.40. The summed E-state index contributed by atoms with van der Waals surface area (Å²) in [6, 6.07) is 9.98. The second-order valence-electron chi connectivity index (χ2n) is 11.3. The molecule has 1 N–H and O–H groups in total. The number of carboxylic acid groups (broad SMARTS) is 1. The summed E-state index contributed by atoms with van der Waals surface area (Å²) in [5.41, 5.74) is 4.33. The number of hydrogen-bond acceptors (Lipinski definition) is 5. The van der Waals surface area contributed by atoms with Crippen LogP contribution in [-0.4, -0.2) is 41.4 Å². The van der Waals surface area contributed by atoms with Gasteiger partial charge >= 0.3 is 5.97 Å². The maximum Gasteiger partial charge on any atom is 0.337 e. The van der Waals surface area contributed by atoms with Crippen molar-refractivity contribution in [2.24, 2.45) is 5.41 Å². The Morgan fingerprint density at radius 2 is 1.78 bits per heavy atom. The minimum Gasteiger partial charge on any atom is -0.479 e. The molecule has 2 heterocycles. The lowest BCUT2D eigenvalue weighted by molar-refractivity contribution is -0.160. The lowest BCUT2D eigenvalue weighted by Crippen LogP contribution is -2.39. The number of rotatable bonds is 7. The summed E-state index contributed by atoms with van der Waals surface area (Å²) in [7, 11) is 0. The van der Waals surface area contributed by atoms with Crippen LogP contribution in [0.15, 0.2) is 30.3 Å². The van der Waals surface area contributed by atoms with Crippen molar-refractivity contribution in [3.8, 4) is 11.8 Å². The van der Waals surface area contributed by atoms with Gasteiger partial charge < -0.3 is 19.5 Å². The first-order chi connectivity index (χ1) is 16.9. The number of nitrogens with zero attached hydrogens (tertiary/aromatic N) is 2. The number of benzene rings is 1. The Morgan fingerprint density at radius 1 is 1.14 bits per heavy atom. The summed E-state index contributed by atoms with van der Waals surface area (Å²) in [6.07, 6.45) is 0.883. The third kappa shape index (κ3) is 7.32. The van der Waals surface area contributed by atoms with E-state index in [1.165, 1.54) is 0 Å². The van der Waals surface area contributed by atoms with Crippen LogP contribution in [0, 0.1) is 31.1 Å². The standard InChI is InChI=1S/C30H40N2O4/c1-21-24(14-11-19-35-20-23-12-9-8-10-13-23)26(32-17-15-30(6,7)16-18-32)25(22(2)31-21)27(28(33)34)36-29(3,4)5/h8-10,12-13,27H,15-20H2,1-7H3,(H,33,34)/t27-/m0/s1. The molecular weight excluding hydrogens is 452 g/mol. The molecule has 6 nitrogen and oxygen atoms in total. The summed E-state index contributed by atoms with van der Waals surface area (Å²) in [6.45, 7) is 16.4. The average Bonchev–Trinajstić information content (AvgIpc) is 2.78. The topological polar surface area (TPSA) is 71.9 Å². The van der Waals surface area contributed by atoms with Crippen LogP contribution in [-0.2, 0) is 20.9 Å². The normalized spacial score (nSPS) is 16.2. The first-order valence-corrected chi connectivity index (χ1v) is 12.7. The molecule has 1 fully saturated rings. The van der Waals surface area contributed by atoms with E-state index in [1.54, 1.807) is 0 Å². The highest BCUT2D eigenvalue weighted by molar-refractivity contribution is 5.81. The van der Waals surface area contributed by atoms with Crippen molar-refractivity contribution < 1.29 is 19.4 Å². The lowest BCUT2D eigenvalue weighted by Gasteiger charge is -2.40. The predicted molar refractivity (Wildman–Crippen MR) is 143 cm³/mol. The molecule has 0 radical (unpaired) electrons. The zero-order chi connectivity index (χ0) is 26.5. The highest BCUT2D eigenvalue weighted by Crippen LogP contribution is 2.40. The van der Waals surface area contributed by atoms with E-state index in [0.29, 0.717) is 17.9 Å². The second kappa shape index (κ2) is 11.5. The highest BCUT2D eigenvalue weighted by atomic mass is 16.5. The summed E-state index contributed by atoms with van der Waals surface area (Å²) in [5, 5.41) is 10.2. The Labute approximate surface area is 216 Å². The fourth-order valence-corrected chi connectivity index (χ4v) is 4.48. The van der Waals surface area contributed by atoms with E-state index >= 15 is 0 Å². The molecule has 1 aliphatic rings. The Morgan fingerprint density at radius 3 is 2.36 bits per heavy atom. The van der Waals surface area contributed by atoms with Gasteiger partial charge in [-0.1, -0.05) is 56.0 Å². The van der Waals surface area contributed by atoms with Crippen LogP contribution in [0.25, 0.3) is 0 Å². The van der Waals surface area contributed by atoms with Gasteiger partial charge in [0.05, 0.1) is 29.2 Å². The number of ether oxygens (including phenoxy) is 2. The smallest absolute Gasteiger partial charge is 0.337 e. The Balaban J connectivity index is 2.02. The SMILES string of the molecule is Cc1nc(C)c([C@H](OC(C)(C)C)C(=O)O)c(N2CCC(C)(C)CC2)c1C#CCOCc1ccccc1. The van der Waals surface area contributed by atoms with Gasteiger partial charge in [-0.2, -0.15) is 0 Å². The summed E-state index contributed by atoms with van der Waals surface area (Å²) >= 11 is 0. The number of pyridine rings is 1. The minimum atomic E-state index is -1.14. The number of piperidine rings is 1. The van der Waals surface area contributed by atoms with Gasteiger partial charge in [-0.3, -0.25) is 4.98 Å². The van der Waals surface area contributed by atoms with Gasteiger partial charge in [0.15, 0.2) is 6.10 Å². The molecule has 1 atom stereocenters. The van der Waals surface area contributed by atoms with Gasteiger partial charge in [0.1, 0.15) is 6.61 Å². The molecule has 0 saturated carbocycles. The molecule has 0 amide bonds. The van der Waals surface area contributed by atoms with E-state index in [0.717, 1.165) is 48.4 Å². The number of anilines is 1. The van der Waals surface area contributed by atoms with Crippen LogP contribution in [0.3, 0.4) is 0 Å². The molecule has 1 aromatic carbocycles. The third-order valence-corrected chi connectivity index (χ3v) is 6.47. The molecule has 36 heavy (non-hydrogen) atoms. The second-order valence-corrected chi connectivity index (χ2v) is 11.3. The molecule has 194 valence electrons. The fraction of sp³-hybridized carbons (Fsp3) is 0.533. The van der Waals surface area contributed by atoms with E-state index in [-0.39, 0.29) is 12.0 Å². The maximum absolute atomic E-state index is 12.5. The lowest BCUT2D eigenvalue weighted by atomic mass is 9.82. The van der Waals surface area contributed by atoms with Crippen LogP contribution in [0.1, 0.15) is 81.6 Å². The van der Waals surface area contributed by atoms with Crippen LogP contribution in [0.2, 0.25) is 0 Å². The van der Waals surface area contributed by atoms with Crippen molar-refractivity contribution in [2.45, 2.75) is 79.6 Å². The van der Waals surface area contributed by atoms with E-state index in [2.05, 4.69) is 30.6 Å². The minimum absolute atomic E-state index is 0.249. The molecule has 6 heteroatoms. The van der Waals surface area contributed by atoms with Crippen LogP contribution < -0.4 is 4.90 Å². The number of aryl methyl sites for hydroxylation is 2. The number of aliphatic carboxylic acids is 1. The van der Waals surface area contributed by atoms with Crippen LogP contribution in [0.5, 0.6) is 0 Å². The van der Waals surface area contributed by atoms with Gasteiger partial charge in [-0.05, 0) is 58.4 Å². The molecule has 3 rings (SSSR count). The average molecular weight is 493 g/mol. The molecule has 0 spiro atoms. The van der Waals surface area contributed by atoms with Gasteiger partial charge in [0, 0.05) is 24.3 Å².